The smallest absolute Gasteiger partial charge is 0.335 e. The molecule has 3 heteroatoms. The van der Waals surface area contributed by atoms with Gasteiger partial charge >= 0.3 is 5.97 Å². The summed E-state index contributed by atoms with van der Waals surface area (Å²) >= 11 is 1.65. The summed E-state index contributed by atoms with van der Waals surface area (Å²) < 4.78 is 0. The highest BCUT2D eigenvalue weighted by Gasteiger charge is 2.13. The lowest BCUT2D eigenvalue weighted by molar-refractivity contribution is 0.0696. The first-order valence-corrected chi connectivity index (χ1v) is 6.27. The average Bonchev–Trinajstić information content (AvgIpc) is 2.64. The molecule has 0 aliphatic carbocycles. The van der Waals surface area contributed by atoms with Gasteiger partial charge in [0.15, 0.2) is 0 Å². The third-order valence-electron chi connectivity index (χ3n) is 2.91. The lowest BCUT2D eigenvalue weighted by Gasteiger charge is -2.09. The molecule has 0 saturated carbocycles. The van der Waals surface area contributed by atoms with Crippen LogP contribution >= 0.6 is 11.3 Å². The summed E-state index contributed by atoms with van der Waals surface area (Å²) in [5.74, 6) is -0.863. The summed E-state index contributed by atoms with van der Waals surface area (Å²) in [5.41, 5.74) is 4.54. The molecule has 0 unspecified atom stereocenters. The molecule has 0 aliphatic rings. The van der Waals surface area contributed by atoms with Crippen LogP contribution < -0.4 is 0 Å². The van der Waals surface area contributed by atoms with Crippen LogP contribution in [-0.4, -0.2) is 11.1 Å². The molecule has 0 radical (unpaired) electrons. The van der Waals surface area contributed by atoms with E-state index < -0.39 is 5.97 Å². The predicted octanol–water partition coefficient (Wildman–Crippen LogP) is 4.04. The van der Waals surface area contributed by atoms with Gasteiger partial charge in [0.1, 0.15) is 0 Å². The lowest BCUT2D eigenvalue weighted by atomic mass is 9.98. The van der Waals surface area contributed by atoms with Crippen molar-refractivity contribution in [3.05, 3.63) is 45.8 Å². The number of carbonyl (C=O) groups is 1. The van der Waals surface area contributed by atoms with Crippen LogP contribution in [0.2, 0.25) is 0 Å². The normalized spacial score (nSPS) is 10.5. The molecule has 0 atom stereocenters. The first-order chi connectivity index (χ1) is 8.00. The van der Waals surface area contributed by atoms with Crippen LogP contribution in [0.1, 0.15) is 27.0 Å². The highest BCUT2D eigenvalue weighted by Crippen LogP contribution is 2.33. The number of aromatic carboxylic acids is 1. The van der Waals surface area contributed by atoms with Crippen LogP contribution in [-0.2, 0) is 0 Å². The van der Waals surface area contributed by atoms with Crippen molar-refractivity contribution in [3.8, 4) is 10.4 Å². The van der Waals surface area contributed by atoms with Gasteiger partial charge in [-0.15, -0.1) is 11.3 Å². The second-order valence-electron chi connectivity index (χ2n) is 4.22. The van der Waals surface area contributed by atoms with Crippen molar-refractivity contribution in [1.29, 1.82) is 0 Å². The Morgan fingerprint density at radius 3 is 2.35 bits per heavy atom. The molecule has 0 saturated heterocycles. The van der Waals surface area contributed by atoms with Crippen molar-refractivity contribution in [2.45, 2.75) is 20.8 Å². The van der Waals surface area contributed by atoms with E-state index in [1.165, 1.54) is 5.56 Å². The molecule has 1 aromatic heterocycles. The molecule has 0 aliphatic heterocycles. The topological polar surface area (TPSA) is 37.3 Å². The zero-order valence-corrected chi connectivity index (χ0v) is 10.9. The first kappa shape index (κ1) is 11.9. The van der Waals surface area contributed by atoms with Crippen molar-refractivity contribution in [1.82, 2.24) is 0 Å². The minimum atomic E-state index is -0.863. The largest absolute Gasteiger partial charge is 0.478 e. The van der Waals surface area contributed by atoms with Crippen molar-refractivity contribution >= 4 is 17.3 Å². The fourth-order valence-electron chi connectivity index (χ4n) is 1.98. The lowest BCUT2D eigenvalue weighted by Crippen LogP contribution is -2.01. The van der Waals surface area contributed by atoms with Gasteiger partial charge in [-0.2, -0.15) is 0 Å². The van der Waals surface area contributed by atoms with E-state index in [-0.39, 0.29) is 0 Å². The van der Waals surface area contributed by atoms with Gasteiger partial charge < -0.3 is 5.11 Å². The van der Waals surface area contributed by atoms with Crippen LogP contribution in [0.15, 0.2) is 23.6 Å². The third kappa shape index (κ3) is 2.11. The highest BCUT2D eigenvalue weighted by atomic mass is 32.1. The number of hydrogen-bond donors (Lipinski definition) is 1. The molecule has 1 N–H and O–H groups in total. The van der Waals surface area contributed by atoms with Gasteiger partial charge in [0.2, 0.25) is 0 Å². The highest BCUT2D eigenvalue weighted by molar-refractivity contribution is 7.13. The summed E-state index contributed by atoms with van der Waals surface area (Å²) in [5, 5.41) is 11.2. The predicted molar refractivity (Wildman–Crippen MR) is 70.9 cm³/mol. The molecule has 2 nitrogen and oxygen atoms in total. The molecule has 2 aromatic rings. The summed E-state index contributed by atoms with van der Waals surface area (Å²) in [7, 11) is 0. The molecular formula is C14H14O2S. The molecule has 17 heavy (non-hydrogen) atoms. The fraction of sp³-hybridized carbons (Fsp3) is 0.214. The fourth-order valence-corrected chi connectivity index (χ4v) is 2.99. The van der Waals surface area contributed by atoms with Crippen molar-refractivity contribution < 1.29 is 9.90 Å². The van der Waals surface area contributed by atoms with Crippen LogP contribution in [0.25, 0.3) is 10.4 Å². The van der Waals surface area contributed by atoms with E-state index >= 15 is 0 Å². The maximum atomic E-state index is 11.1. The Morgan fingerprint density at radius 2 is 1.82 bits per heavy atom. The Bertz CT molecular complexity index is 582. The molecule has 1 heterocycles. The Balaban J connectivity index is 2.67. The molecule has 88 valence electrons. The average molecular weight is 246 g/mol. The molecule has 1 aromatic carbocycles. The van der Waals surface area contributed by atoms with E-state index in [1.54, 1.807) is 17.4 Å². The molecule has 0 fully saturated rings. The number of rotatable bonds is 2. The number of benzene rings is 1. The second-order valence-corrected chi connectivity index (χ2v) is 5.14. The van der Waals surface area contributed by atoms with Crippen LogP contribution in [0.4, 0.5) is 0 Å². The summed E-state index contributed by atoms with van der Waals surface area (Å²) in [6.07, 6.45) is 0. The number of aryl methyl sites for hydroxylation is 3. The molecule has 0 bridgehead atoms. The molecule has 2 rings (SSSR count). The van der Waals surface area contributed by atoms with Gasteiger partial charge in [0.05, 0.1) is 5.56 Å². The van der Waals surface area contributed by atoms with Gasteiger partial charge in [-0.05, 0) is 60.5 Å². The maximum absolute atomic E-state index is 11.1. The zero-order valence-electron chi connectivity index (χ0n) is 10.1. The maximum Gasteiger partial charge on any atom is 0.335 e. The summed E-state index contributed by atoms with van der Waals surface area (Å²) in [4.78, 5) is 12.3. The second kappa shape index (κ2) is 4.34. The van der Waals surface area contributed by atoms with E-state index in [9.17, 15) is 4.79 Å². The van der Waals surface area contributed by atoms with Crippen LogP contribution in [0, 0.1) is 20.8 Å². The van der Waals surface area contributed by atoms with Crippen molar-refractivity contribution in [3.63, 3.8) is 0 Å². The number of thiophene rings is 1. The summed E-state index contributed by atoms with van der Waals surface area (Å²) in [6, 6.07) is 5.78. The van der Waals surface area contributed by atoms with Gasteiger partial charge in [0.25, 0.3) is 0 Å². The van der Waals surface area contributed by atoms with Crippen LogP contribution in [0.3, 0.4) is 0 Å². The van der Waals surface area contributed by atoms with Gasteiger partial charge in [-0.25, -0.2) is 4.79 Å². The molecule has 0 amide bonds. The minimum absolute atomic E-state index is 0.387. The first-order valence-electron chi connectivity index (χ1n) is 5.39. The van der Waals surface area contributed by atoms with Gasteiger partial charge in [-0.3, -0.25) is 0 Å². The standard InChI is InChI=1S/C14H14O2S/c1-8-4-5-17-13(8)11-7-12(14(15)16)10(3)6-9(11)2/h4-7H,1-3H3,(H,15,16). The molecular weight excluding hydrogens is 232 g/mol. The number of carboxylic acids is 1. The van der Waals surface area contributed by atoms with E-state index in [0.717, 1.165) is 21.6 Å². The van der Waals surface area contributed by atoms with Crippen molar-refractivity contribution in [2.24, 2.45) is 0 Å². The summed E-state index contributed by atoms with van der Waals surface area (Å²) in [6.45, 7) is 5.90. The Labute approximate surface area is 105 Å². The Kier molecular flexibility index (Phi) is 3.03. The SMILES string of the molecule is Cc1cc(C)c(-c2sccc2C)cc1C(=O)O. The van der Waals surface area contributed by atoms with E-state index in [4.69, 9.17) is 5.11 Å². The Hall–Kier alpha value is -1.61. The van der Waals surface area contributed by atoms with Crippen LogP contribution in [0.5, 0.6) is 0 Å². The van der Waals surface area contributed by atoms with E-state index in [0.29, 0.717) is 5.56 Å². The minimum Gasteiger partial charge on any atom is -0.478 e. The number of carboxylic acid groups (broad SMARTS) is 1. The Morgan fingerprint density at radius 1 is 1.12 bits per heavy atom. The van der Waals surface area contributed by atoms with E-state index in [2.05, 4.69) is 6.07 Å². The molecule has 0 spiro atoms. The van der Waals surface area contributed by atoms with Gasteiger partial charge in [-0.1, -0.05) is 6.07 Å². The number of hydrogen-bond acceptors (Lipinski definition) is 2. The quantitative estimate of drug-likeness (QED) is 0.868. The monoisotopic (exact) mass is 246 g/mol. The van der Waals surface area contributed by atoms with Gasteiger partial charge in [0, 0.05) is 4.88 Å². The third-order valence-corrected chi connectivity index (χ3v) is 3.96. The van der Waals surface area contributed by atoms with E-state index in [1.807, 2.05) is 32.2 Å². The zero-order chi connectivity index (χ0) is 12.6. The van der Waals surface area contributed by atoms with Crippen molar-refractivity contribution in [2.75, 3.05) is 0 Å².